The van der Waals surface area contributed by atoms with Crippen molar-refractivity contribution in [2.24, 2.45) is 5.92 Å². The lowest BCUT2D eigenvalue weighted by atomic mass is 10.2. The van der Waals surface area contributed by atoms with Crippen molar-refractivity contribution in [2.75, 3.05) is 23.8 Å². The Bertz CT molecular complexity index is 619. The highest BCUT2D eigenvalue weighted by Gasteiger charge is 2.04. The molecule has 0 bridgehead atoms. The Kier molecular flexibility index (Phi) is 6.03. The molecule has 2 N–H and O–H groups in total. The van der Waals surface area contributed by atoms with Gasteiger partial charge in [-0.3, -0.25) is 4.79 Å². The van der Waals surface area contributed by atoms with Crippen LogP contribution in [-0.2, 0) is 4.79 Å². The van der Waals surface area contributed by atoms with Crippen LogP contribution in [0.2, 0.25) is 0 Å². The molecule has 122 valence electrons. The van der Waals surface area contributed by atoms with Crippen molar-refractivity contribution in [3.05, 3.63) is 54.1 Å². The van der Waals surface area contributed by atoms with Crippen LogP contribution in [0.1, 0.15) is 19.4 Å². The minimum atomic E-state index is -0.173. The molecular formula is C19H24N2O2. The van der Waals surface area contributed by atoms with Crippen molar-refractivity contribution in [3.63, 3.8) is 0 Å². The largest absolute Gasteiger partial charge is 0.484 e. The van der Waals surface area contributed by atoms with E-state index in [9.17, 15) is 4.79 Å². The number of hydrogen-bond donors (Lipinski definition) is 2. The third-order valence-corrected chi connectivity index (χ3v) is 3.27. The van der Waals surface area contributed by atoms with Gasteiger partial charge in [0, 0.05) is 17.9 Å². The van der Waals surface area contributed by atoms with Crippen LogP contribution in [0.3, 0.4) is 0 Å². The summed E-state index contributed by atoms with van der Waals surface area (Å²) in [5.41, 5.74) is 2.97. The summed E-state index contributed by atoms with van der Waals surface area (Å²) in [5, 5.41) is 6.16. The van der Waals surface area contributed by atoms with Crippen molar-refractivity contribution in [1.82, 2.24) is 0 Å². The zero-order valence-corrected chi connectivity index (χ0v) is 13.9. The second-order valence-corrected chi connectivity index (χ2v) is 6.00. The minimum absolute atomic E-state index is 0.00356. The molecule has 0 saturated heterocycles. The first kappa shape index (κ1) is 16.9. The number of hydrogen-bond acceptors (Lipinski definition) is 3. The number of aryl methyl sites for hydroxylation is 1. The van der Waals surface area contributed by atoms with E-state index in [0.29, 0.717) is 11.7 Å². The molecule has 0 radical (unpaired) electrons. The van der Waals surface area contributed by atoms with Crippen LogP contribution in [0, 0.1) is 12.8 Å². The van der Waals surface area contributed by atoms with Crippen LogP contribution in [0.25, 0.3) is 0 Å². The molecule has 2 aromatic rings. The van der Waals surface area contributed by atoms with Crippen LogP contribution in [-0.4, -0.2) is 19.1 Å². The topological polar surface area (TPSA) is 50.4 Å². The number of rotatable bonds is 7. The monoisotopic (exact) mass is 312 g/mol. The Balaban J connectivity index is 1.79. The van der Waals surface area contributed by atoms with Crippen LogP contribution in [0.5, 0.6) is 5.75 Å². The molecule has 0 spiro atoms. The minimum Gasteiger partial charge on any atom is -0.484 e. The maximum absolute atomic E-state index is 11.9. The van der Waals surface area contributed by atoms with Gasteiger partial charge in [0.2, 0.25) is 0 Å². The third kappa shape index (κ3) is 6.02. The number of carbonyl (C=O) groups is 1. The van der Waals surface area contributed by atoms with Crippen molar-refractivity contribution >= 4 is 17.3 Å². The van der Waals surface area contributed by atoms with E-state index >= 15 is 0 Å². The van der Waals surface area contributed by atoms with E-state index in [1.54, 1.807) is 0 Å². The Morgan fingerprint density at radius 1 is 1.00 bits per heavy atom. The molecule has 0 aliphatic carbocycles. The van der Waals surface area contributed by atoms with Crippen molar-refractivity contribution in [1.29, 1.82) is 0 Å². The quantitative estimate of drug-likeness (QED) is 0.810. The summed E-state index contributed by atoms with van der Waals surface area (Å²) in [4.78, 5) is 11.9. The fraction of sp³-hybridized carbons (Fsp3) is 0.316. The molecule has 0 heterocycles. The average molecular weight is 312 g/mol. The Morgan fingerprint density at radius 2 is 1.61 bits per heavy atom. The second-order valence-electron chi connectivity index (χ2n) is 6.00. The van der Waals surface area contributed by atoms with Crippen LogP contribution >= 0.6 is 0 Å². The number of benzene rings is 2. The normalized spacial score (nSPS) is 10.4. The first-order valence-electron chi connectivity index (χ1n) is 7.86. The summed E-state index contributed by atoms with van der Waals surface area (Å²) in [7, 11) is 0. The number of anilines is 2. The predicted molar refractivity (Wildman–Crippen MR) is 95.1 cm³/mol. The predicted octanol–water partition coefficient (Wildman–Crippen LogP) is 4.08. The van der Waals surface area contributed by atoms with Gasteiger partial charge in [-0.25, -0.2) is 0 Å². The molecule has 0 atom stereocenters. The Morgan fingerprint density at radius 3 is 2.22 bits per heavy atom. The molecule has 0 aliphatic rings. The molecule has 0 aliphatic heterocycles. The summed E-state index contributed by atoms with van der Waals surface area (Å²) < 4.78 is 5.46. The maximum Gasteiger partial charge on any atom is 0.262 e. The highest BCUT2D eigenvalue weighted by molar-refractivity contribution is 5.92. The fourth-order valence-corrected chi connectivity index (χ4v) is 1.97. The summed E-state index contributed by atoms with van der Waals surface area (Å²) >= 11 is 0. The first-order chi connectivity index (χ1) is 11.0. The lowest BCUT2D eigenvalue weighted by Crippen LogP contribution is -2.20. The Hall–Kier alpha value is -2.49. The SMILES string of the molecule is Cc1ccc(OCC(=O)Nc2ccc(NCC(C)C)cc2)cc1. The number of carbonyl (C=O) groups excluding carboxylic acids is 1. The molecule has 2 aromatic carbocycles. The van der Waals surface area contributed by atoms with Gasteiger partial charge in [-0.05, 0) is 49.2 Å². The maximum atomic E-state index is 11.9. The zero-order chi connectivity index (χ0) is 16.7. The average Bonchev–Trinajstić information content (AvgIpc) is 2.53. The zero-order valence-electron chi connectivity index (χ0n) is 13.9. The van der Waals surface area contributed by atoms with Gasteiger partial charge in [-0.15, -0.1) is 0 Å². The summed E-state index contributed by atoms with van der Waals surface area (Å²) in [6, 6.07) is 15.3. The van der Waals surface area contributed by atoms with E-state index in [-0.39, 0.29) is 12.5 Å². The molecule has 0 unspecified atom stereocenters. The summed E-state index contributed by atoms with van der Waals surface area (Å²) in [5.74, 6) is 1.11. The van der Waals surface area contributed by atoms with Gasteiger partial charge in [0.25, 0.3) is 5.91 Å². The van der Waals surface area contributed by atoms with Crippen LogP contribution in [0.4, 0.5) is 11.4 Å². The number of ether oxygens (including phenoxy) is 1. The van der Waals surface area contributed by atoms with Gasteiger partial charge in [-0.1, -0.05) is 31.5 Å². The summed E-state index contributed by atoms with van der Waals surface area (Å²) in [6.45, 7) is 7.26. The van der Waals surface area contributed by atoms with Gasteiger partial charge < -0.3 is 15.4 Å². The van der Waals surface area contributed by atoms with E-state index in [1.165, 1.54) is 0 Å². The highest BCUT2D eigenvalue weighted by Crippen LogP contribution is 2.15. The van der Waals surface area contributed by atoms with Gasteiger partial charge in [0.05, 0.1) is 0 Å². The fourth-order valence-electron chi connectivity index (χ4n) is 1.97. The van der Waals surface area contributed by atoms with Crippen LogP contribution < -0.4 is 15.4 Å². The number of amides is 1. The van der Waals surface area contributed by atoms with Gasteiger partial charge >= 0.3 is 0 Å². The Labute approximate surface area is 137 Å². The van der Waals surface area contributed by atoms with Crippen molar-refractivity contribution in [2.45, 2.75) is 20.8 Å². The molecule has 4 heteroatoms. The van der Waals surface area contributed by atoms with Crippen molar-refractivity contribution in [3.8, 4) is 5.75 Å². The van der Waals surface area contributed by atoms with E-state index in [4.69, 9.17) is 4.74 Å². The molecular weight excluding hydrogens is 288 g/mol. The van der Waals surface area contributed by atoms with Gasteiger partial charge in [-0.2, -0.15) is 0 Å². The molecule has 23 heavy (non-hydrogen) atoms. The standard InChI is InChI=1S/C19H24N2O2/c1-14(2)12-20-16-6-8-17(9-7-16)21-19(22)13-23-18-10-4-15(3)5-11-18/h4-11,14,20H,12-13H2,1-3H3,(H,21,22). The third-order valence-electron chi connectivity index (χ3n) is 3.27. The van der Waals surface area contributed by atoms with Crippen LogP contribution in [0.15, 0.2) is 48.5 Å². The highest BCUT2D eigenvalue weighted by atomic mass is 16.5. The van der Waals surface area contributed by atoms with E-state index < -0.39 is 0 Å². The lowest BCUT2D eigenvalue weighted by molar-refractivity contribution is -0.118. The summed E-state index contributed by atoms with van der Waals surface area (Å²) in [6.07, 6.45) is 0. The molecule has 0 aromatic heterocycles. The van der Waals surface area contributed by atoms with E-state index in [0.717, 1.165) is 23.5 Å². The molecule has 0 fully saturated rings. The lowest BCUT2D eigenvalue weighted by Gasteiger charge is -2.10. The van der Waals surface area contributed by atoms with E-state index in [2.05, 4.69) is 24.5 Å². The smallest absolute Gasteiger partial charge is 0.262 e. The van der Waals surface area contributed by atoms with Gasteiger partial charge in [0.1, 0.15) is 5.75 Å². The molecule has 0 saturated carbocycles. The molecule has 4 nitrogen and oxygen atoms in total. The van der Waals surface area contributed by atoms with Crippen molar-refractivity contribution < 1.29 is 9.53 Å². The van der Waals surface area contributed by atoms with Gasteiger partial charge in [0.15, 0.2) is 6.61 Å². The van der Waals surface area contributed by atoms with E-state index in [1.807, 2.05) is 55.5 Å². The number of nitrogens with one attached hydrogen (secondary N) is 2. The second kappa shape index (κ2) is 8.22. The molecule has 2 rings (SSSR count). The first-order valence-corrected chi connectivity index (χ1v) is 7.86. The molecule has 1 amide bonds.